The summed E-state index contributed by atoms with van der Waals surface area (Å²) in [5.74, 6) is 1.94. The first kappa shape index (κ1) is 14.2. The molecular weight excluding hydrogens is 238 g/mol. The summed E-state index contributed by atoms with van der Waals surface area (Å²) in [5, 5.41) is 19.9. The third-order valence-corrected chi connectivity index (χ3v) is 4.54. The average Bonchev–Trinajstić information content (AvgIpc) is 2.38. The van der Waals surface area contributed by atoms with Crippen molar-refractivity contribution in [3.05, 3.63) is 23.8 Å². The fourth-order valence-corrected chi connectivity index (χ4v) is 3.13. The fraction of sp³-hybridized carbons (Fsp3) is 0.625. The lowest BCUT2D eigenvalue weighted by Gasteiger charge is -2.37. The van der Waals surface area contributed by atoms with Crippen molar-refractivity contribution in [2.45, 2.75) is 39.7 Å². The number of phenolic OH excluding ortho intramolecular Hbond substituents is 2. The van der Waals surface area contributed by atoms with Crippen LogP contribution in [0.5, 0.6) is 11.5 Å². The van der Waals surface area contributed by atoms with E-state index in [0.717, 1.165) is 24.9 Å². The molecule has 0 spiro atoms. The number of nitrogens with zero attached hydrogens (tertiary/aromatic N) is 1. The summed E-state index contributed by atoms with van der Waals surface area (Å²) < 4.78 is 0. The van der Waals surface area contributed by atoms with E-state index >= 15 is 0 Å². The van der Waals surface area contributed by atoms with Crippen molar-refractivity contribution in [1.29, 1.82) is 0 Å². The lowest BCUT2D eigenvalue weighted by atomic mass is 9.86. The van der Waals surface area contributed by atoms with Crippen molar-refractivity contribution in [2.24, 2.45) is 11.8 Å². The Morgan fingerprint density at radius 2 is 1.58 bits per heavy atom. The number of piperidine rings is 1. The van der Waals surface area contributed by atoms with E-state index in [1.165, 1.54) is 12.8 Å². The van der Waals surface area contributed by atoms with Crippen LogP contribution in [0.15, 0.2) is 18.2 Å². The Bertz CT molecular complexity index is 403. The second-order valence-electron chi connectivity index (χ2n) is 6.00. The summed E-state index contributed by atoms with van der Waals surface area (Å²) in [4.78, 5) is 2.35. The van der Waals surface area contributed by atoms with E-state index in [1.54, 1.807) is 18.2 Å². The minimum Gasteiger partial charge on any atom is -0.507 e. The molecule has 1 aliphatic rings. The summed E-state index contributed by atoms with van der Waals surface area (Å²) >= 11 is 0. The van der Waals surface area contributed by atoms with E-state index in [4.69, 9.17) is 0 Å². The Kier molecular flexibility index (Phi) is 4.35. The number of rotatable bonds is 3. The van der Waals surface area contributed by atoms with Crippen LogP contribution in [0.2, 0.25) is 0 Å². The van der Waals surface area contributed by atoms with E-state index in [2.05, 4.69) is 25.7 Å². The van der Waals surface area contributed by atoms with Gasteiger partial charge in [0, 0.05) is 6.04 Å². The molecule has 2 rings (SSSR count). The van der Waals surface area contributed by atoms with Gasteiger partial charge in [0.2, 0.25) is 0 Å². The maximum atomic E-state index is 9.95. The van der Waals surface area contributed by atoms with Gasteiger partial charge in [-0.15, -0.1) is 0 Å². The smallest absolute Gasteiger partial charge is 0.124 e. The summed E-state index contributed by atoms with van der Waals surface area (Å²) in [6.07, 6.45) is 2.41. The van der Waals surface area contributed by atoms with Crippen LogP contribution in [0.1, 0.15) is 45.2 Å². The van der Waals surface area contributed by atoms with Crippen LogP contribution in [-0.4, -0.2) is 28.2 Å². The number of hydrogen-bond donors (Lipinski definition) is 2. The SMILES string of the molecule is CC(C)C1CCN(C(C)c2c(O)cccc2O)CC1. The molecule has 1 atom stereocenters. The quantitative estimate of drug-likeness (QED) is 0.877. The Morgan fingerprint density at radius 3 is 2.05 bits per heavy atom. The zero-order valence-corrected chi connectivity index (χ0v) is 12.1. The zero-order chi connectivity index (χ0) is 14.0. The lowest BCUT2D eigenvalue weighted by Crippen LogP contribution is -2.37. The molecule has 0 radical (unpaired) electrons. The molecule has 0 aliphatic carbocycles. The Hall–Kier alpha value is -1.22. The van der Waals surface area contributed by atoms with Crippen LogP contribution in [0, 0.1) is 11.8 Å². The topological polar surface area (TPSA) is 43.7 Å². The van der Waals surface area contributed by atoms with Gasteiger partial charge in [-0.3, -0.25) is 4.90 Å². The van der Waals surface area contributed by atoms with Gasteiger partial charge < -0.3 is 10.2 Å². The average molecular weight is 263 g/mol. The molecule has 2 N–H and O–H groups in total. The molecule has 1 aromatic carbocycles. The molecule has 1 saturated heterocycles. The van der Waals surface area contributed by atoms with E-state index in [0.29, 0.717) is 5.56 Å². The number of hydrogen-bond acceptors (Lipinski definition) is 3. The molecular formula is C16H25NO2. The van der Waals surface area contributed by atoms with Gasteiger partial charge in [-0.25, -0.2) is 0 Å². The Labute approximate surface area is 115 Å². The normalized spacial score (nSPS) is 19.8. The predicted molar refractivity (Wildman–Crippen MR) is 77.3 cm³/mol. The van der Waals surface area contributed by atoms with E-state index < -0.39 is 0 Å². The molecule has 0 bridgehead atoms. The third-order valence-electron chi connectivity index (χ3n) is 4.54. The highest BCUT2D eigenvalue weighted by Crippen LogP contribution is 2.37. The van der Waals surface area contributed by atoms with Crippen molar-refractivity contribution >= 4 is 0 Å². The van der Waals surface area contributed by atoms with Crippen LogP contribution < -0.4 is 0 Å². The number of benzene rings is 1. The van der Waals surface area contributed by atoms with Gasteiger partial charge >= 0.3 is 0 Å². The minimum absolute atomic E-state index is 0.0642. The van der Waals surface area contributed by atoms with Crippen LogP contribution in [-0.2, 0) is 0 Å². The highest BCUT2D eigenvalue weighted by atomic mass is 16.3. The van der Waals surface area contributed by atoms with Gasteiger partial charge in [-0.05, 0) is 56.8 Å². The molecule has 3 heteroatoms. The van der Waals surface area contributed by atoms with Crippen LogP contribution >= 0.6 is 0 Å². The molecule has 0 saturated carbocycles. The Morgan fingerprint density at radius 1 is 1.05 bits per heavy atom. The van der Waals surface area contributed by atoms with Crippen molar-refractivity contribution in [1.82, 2.24) is 4.90 Å². The number of phenols is 2. The van der Waals surface area contributed by atoms with Crippen LogP contribution in [0.25, 0.3) is 0 Å². The second kappa shape index (κ2) is 5.83. The summed E-state index contributed by atoms with van der Waals surface area (Å²) in [6.45, 7) is 8.72. The molecule has 0 aromatic heterocycles. The maximum absolute atomic E-state index is 9.95. The molecule has 19 heavy (non-hydrogen) atoms. The second-order valence-corrected chi connectivity index (χ2v) is 6.00. The zero-order valence-electron chi connectivity index (χ0n) is 12.1. The van der Waals surface area contributed by atoms with Gasteiger partial charge in [-0.2, -0.15) is 0 Å². The molecule has 1 unspecified atom stereocenters. The summed E-state index contributed by atoms with van der Waals surface area (Å²) in [6, 6.07) is 5.03. The third kappa shape index (κ3) is 3.03. The van der Waals surface area contributed by atoms with Crippen molar-refractivity contribution < 1.29 is 10.2 Å². The first-order valence-corrected chi connectivity index (χ1v) is 7.25. The van der Waals surface area contributed by atoms with Gasteiger partial charge in [-0.1, -0.05) is 19.9 Å². The predicted octanol–water partition coefficient (Wildman–Crippen LogP) is 3.53. The monoisotopic (exact) mass is 263 g/mol. The molecule has 106 valence electrons. The van der Waals surface area contributed by atoms with Crippen molar-refractivity contribution in [3.8, 4) is 11.5 Å². The number of aromatic hydroxyl groups is 2. The summed E-state index contributed by atoms with van der Waals surface area (Å²) in [5.41, 5.74) is 0.658. The first-order chi connectivity index (χ1) is 9.00. The Balaban J connectivity index is 2.07. The van der Waals surface area contributed by atoms with Crippen molar-refractivity contribution in [2.75, 3.05) is 13.1 Å². The molecule has 3 nitrogen and oxygen atoms in total. The van der Waals surface area contributed by atoms with E-state index in [-0.39, 0.29) is 17.5 Å². The first-order valence-electron chi connectivity index (χ1n) is 7.25. The minimum atomic E-state index is 0.0642. The van der Waals surface area contributed by atoms with Crippen LogP contribution in [0.3, 0.4) is 0 Å². The highest BCUT2D eigenvalue weighted by Gasteiger charge is 2.27. The standard InChI is InChI=1S/C16H25NO2/c1-11(2)13-7-9-17(10-8-13)12(3)16-14(18)5-4-6-15(16)19/h4-6,11-13,18-19H,7-10H2,1-3H3. The van der Waals surface area contributed by atoms with Gasteiger partial charge in [0.1, 0.15) is 11.5 Å². The van der Waals surface area contributed by atoms with E-state index in [1.807, 2.05) is 0 Å². The largest absolute Gasteiger partial charge is 0.507 e. The molecule has 1 aromatic rings. The maximum Gasteiger partial charge on any atom is 0.124 e. The van der Waals surface area contributed by atoms with Gasteiger partial charge in [0.25, 0.3) is 0 Å². The molecule has 1 heterocycles. The van der Waals surface area contributed by atoms with Gasteiger partial charge in [0.05, 0.1) is 5.56 Å². The van der Waals surface area contributed by atoms with Crippen molar-refractivity contribution in [3.63, 3.8) is 0 Å². The summed E-state index contributed by atoms with van der Waals surface area (Å²) in [7, 11) is 0. The molecule has 1 aliphatic heterocycles. The number of likely N-dealkylation sites (tertiary alicyclic amines) is 1. The lowest BCUT2D eigenvalue weighted by molar-refractivity contribution is 0.119. The molecule has 0 amide bonds. The van der Waals surface area contributed by atoms with Crippen LogP contribution in [0.4, 0.5) is 0 Å². The highest BCUT2D eigenvalue weighted by molar-refractivity contribution is 5.45. The fourth-order valence-electron chi connectivity index (χ4n) is 3.13. The van der Waals surface area contributed by atoms with E-state index in [9.17, 15) is 10.2 Å². The molecule has 1 fully saturated rings. The van der Waals surface area contributed by atoms with Gasteiger partial charge in [0.15, 0.2) is 0 Å².